The molecule has 27 heavy (non-hydrogen) atoms. The molecule has 0 atom stereocenters. The van der Waals surface area contributed by atoms with Crippen molar-refractivity contribution >= 4 is 28.9 Å². The molecular formula is C21H25ClN4O. The molecule has 1 N–H and O–H groups in total. The Hall–Kier alpha value is -2.27. The van der Waals surface area contributed by atoms with Gasteiger partial charge in [0.15, 0.2) is 0 Å². The van der Waals surface area contributed by atoms with E-state index >= 15 is 0 Å². The predicted molar refractivity (Wildman–Crippen MR) is 110 cm³/mol. The van der Waals surface area contributed by atoms with Crippen molar-refractivity contribution < 1.29 is 4.79 Å². The van der Waals surface area contributed by atoms with Gasteiger partial charge in [-0.05, 0) is 37.1 Å². The van der Waals surface area contributed by atoms with Gasteiger partial charge in [-0.1, -0.05) is 30.5 Å². The lowest BCUT2D eigenvalue weighted by atomic mass is 10.2. The summed E-state index contributed by atoms with van der Waals surface area (Å²) in [6.45, 7) is 3.01. The molecule has 1 aliphatic heterocycles. The van der Waals surface area contributed by atoms with Crippen molar-refractivity contribution in [1.82, 2.24) is 9.88 Å². The van der Waals surface area contributed by atoms with Crippen LogP contribution in [0, 0.1) is 0 Å². The standard InChI is InChI=1S/C21H25ClN4O/c22-17-4-3-7-20(13-17)25-8-10-26(11-9-25)21(27)16-12-19(15-23-14-16)24-18-5-1-2-6-18/h3-4,7,12-15,18,24H,1-2,5-6,8-11H2. The Morgan fingerprint density at radius 1 is 1.07 bits per heavy atom. The molecule has 1 aromatic heterocycles. The molecule has 2 aliphatic rings. The molecule has 2 heterocycles. The van der Waals surface area contributed by atoms with E-state index in [0.717, 1.165) is 29.5 Å². The van der Waals surface area contributed by atoms with E-state index < -0.39 is 0 Å². The Balaban J connectivity index is 1.37. The summed E-state index contributed by atoms with van der Waals surface area (Å²) in [6, 6.07) is 10.3. The quantitative estimate of drug-likeness (QED) is 0.863. The van der Waals surface area contributed by atoms with Gasteiger partial charge in [-0.15, -0.1) is 0 Å². The van der Waals surface area contributed by atoms with Crippen molar-refractivity contribution in [3.8, 4) is 0 Å². The van der Waals surface area contributed by atoms with Gasteiger partial charge in [-0.3, -0.25) is 9.78 Å². The number of aromatic nitrogens is 1. The van der Waals surface area contributed by atoms with Gasteiger partial charge in [0, 0.05) is 55.3 Å². The highest BCUT2D eigenvalue weighted by atomic mass is 35.5. The van der Waals surface area contributed by atoms with Crippen molar-refractivity contribution in [2.45, 2.75) is 31.7 Å². The van der Waals surface area contributed by atoms with E-state index in [2.05, 4.69) is 21.3 Å². The zero-order chi connectivity index (χ0) is 18.6. The van der Waals surface area contributed by atoms with Crippen molar-refractivity contribution in [2.24, 2.45) is 0 Å². The first-order valence-corrected chi connectivity index (χ1v) is 10.1. The van der Waals surface area contributed by atoms with Crippen molar-refractivity contribution in [3.63, 3.8) is 0 Å². The molecule has 0 bridgehead atoms. The van der Waals surface area contributed by atoms with Gasteiger partial charge in [0.1, 0.15) is 0 Å². The maximum Gasteiger partial charge on any atom is 0.255 e. The molecule has 4 rings (SSSR count). The average molecular weight is 385 g/mol. The van der Waals surface area contributed by atoms with Crippen LogP contribution in [-0.4, -0.2) is 48.0 Å². The first-order valence-electron chi connectivity index (χ1n) is 9.70. The average Bonchev–Trinajstić information content (AvgIpc) is 3.21. The normalized spacial score (nSPS) is 18.0. The summed E-state index contributed by atoms with van der Waals surface area (Å²) in [5, 5.41) is 4.26. The van der Waals surface area contributed by atoms with Crippen LogP contribution in [0.3, 0.4) is 0 Å². The highest BCUT2D eigenvalue weighted by Gasteiger charge is 2.23. The first kappa shape index (κ1) is 18.1. The Morgan fingerprint density at radius 3 is 2.59 bits per heavy atom. The minimum absolute atomic E-state index is 0.0586. The fourth-order valence-corrected chi connectivity index (χ4v) is 4.15. The van der Waals surface area contributed by atoms with Gasteiger partial charge >= 0.3 is 0 Å². The fraction of sp³-hybridized carbons (Fsp3) is 0.429. The molecule has 0 spiro atoms. The van der Waals surface area contributed by atoms with E-state index in [0.29, 0.717) is 24.7 Å². The predicted octanol–water partition coefficient (Wildman–Crippen LogP) is 4.05. The number of hydrogen-bond acceptors (Lipinski definition) is 4. The van der Waals surface area contributed by atoms with Gasteiger partial charge in [0.2, 0.25) is 0 Å². The Morgan fingerprint density at radius 2 is 1.85 bits per heavy atom. The SMILES string of the molecule is O=C(c1cncc(NC2CCCC2)c1)N1CCN(c2cccc(Cl)c2)CC1. The first-order chi connectivity index (χ1) is 13.2. The molecule has 0 radical (unpaired) electrons. The zero-order valence-electron chi connectivity index (χ0n) is 15.4. The lowest BCUT2D eigenvalue weighted by Crippen LogP contribution is -2.48. The van der Waals surface area contributed by atoms with Gasteiger partial charge < -0.3 is 15.1 Å². The van der Waals surface area contributed by atoms with Crippen molar-refractivity contribution in [3.05, 3.63) is 53.3 Å². The molecule has 142 valence electrons. The number of rotatable bonds is 4. The minimum atomic E-state index is 0.0586. The number of hydrogen-bond donors (Lipinski definition) is 1. The van der Waals surface area contributed by atoms with E-state index in [-0.39, 0.29) is 5.91 Å². The third-order valence-electron chi connectivity index (χ3n) is 5.45. The second-order valence-corrected chi connectivity index (χ2v) is 7.78. The number of pyridine rings is 1. The summed E-state index contributed by atoms with van der Waals surface area (Å²) < 4.78 is 0. The van der Waals surface area contributed by atoms with E-state index in [9.17, 15) is 4.79 Å². The fourth-order valence-electron chi connectivity index (χ4n) is 3.96. The minimum Gasteiger partial charge on any atom is -0.381 e. The van der Waals surface area contributed by atoms with Crippen LogP contribution in [0.2, 0.25) is 5.02 Å². The van der Waals surface area contributed by atoms with Crippen molar-refractivity contribution in [2.75, 3.05) is 36.4 Å². The molecular weight excluding hydrogens is 360 g/mol. The molecule has 5 nitrogen and oxygen atoms in total. The van der Waals surface area contributed by atoms with E-state index in [1.807, 2.05) is 35.4 Å². The Kier molecular flexibility index (Phi) is 5.48. The highest BCUT2D eigenvalue weighted by molar-refractivity contribution is 6.30. The van der Waals surface area contributed by atoms with Gasteiger partial charge in [0.05, 0.1) is 11.3 Å². The van der Waals surface area contributed by atoms with E-state index in [1.165, 1.54) is 25.7 Å². The summed E-state index contributed by atoms with van der Waals surface area (Å²) >= 11 is 6.09. The monoisotopic (exact) mass is 384 g/mol. The number of carbonyl (C=O) groups excluding carboxylic acids is 1. The number of piperazine rings is 1. The lowest BCUT2D eigenvalue weighted by Gasteiger charge is -2.36. The van der Waals surface area contributed by atoms with Crippen molar-refractivity contribution in [1.29, 1.82) is 0 Å². The number of nitrogens with one attached hydrogen (secondary N) is 1. The summed E-state index contributed by atoms with van der Waals surface area (Å²) in [6.07, 6.45) is 8.44. The summed E-state index contributed by atoms with van der Waals surface area (Å²) in [4.78, 5) is 21.4. The third kappa shape index (κ3) is 4.35. The molecule has 1 amide bonds. The van der Waals surface area contributed by atoms with Crippen LogP contribution in [0.1, 0.15) is 36.0 Å². The largest absolute Gasteiger partial charge is 0.381 e. The van der Waals surface area contributed by atoms with Crippen LogP contribution in [0.15, 0.2) is 42.7 Å². The highest BCUT2D eigenvalue weighted by Crippen LogP contribution is 2.23. The topological polar surface area (TPSA) is 48.5 Å². The number of amides is 1. The maximum absolute atomic E-state index is 12.9. The van der Waals surface area contributed by atoms with Crippen LogP contribution in [-0.2, 0) is 0 Å². The number of halogens is 1. The number of nitrogens with zero attached hydrogens (tertiary/aromatic N) is 3. The maximum atomic E-state index is 12.9. The molecule has 0 unspecified atom stereocenters. The van der Waals surface area contributed by atoms with Crippen LogP contribution in [0.25, 0.3) is 0 Å². The van der Waals surface area contributed by atoms with Gasteiger partial charge in [-0.25, -0.2) is 0 Å². The third-order valence-corrected chi connectivity index (χ3v) is 5.69. The molecule has 1 aromatic carbocycles. The lowest BCUT2D eigenvalue weighted by molar-refractivity contribution is 0.0746. The number of benzene rings is 1. The van der Waals surface area contributed by atoms with Gasteiger partial charge in [-0.2, -0.15) is 0 Å². The second kappa shape index (κ2) is 8.17. The van der Waals surface area contributed by atoms with Crippen LogP contribution >= 0.6 is 11.6 Å². The molecule has 1 aliphatic carbocycles. The van der Waals surface area contributed by atoms with Crippen LogP contribution in [0.5, 0.6) is 0 Å². The molecule has 1 saturated heterocycles. The van der Waals surface area contributed by atoms with E-state index in [4.69, 9.17) is 11.6 Å². The van der Waals surface area contributed by atoms with Gasteiger partial charge in [0.25, 0.3) is 5.91 Å². The summed E-state index contributed by atoms with van der Waals surface area (Å²) in [5.74, 6) is 0.0586. The Bertz CT molecular complexity index is 798. The van der Waals surface area contributed by atoms with E-state index in [1.54, 1.807) is 6.20 Å². The molecule has 2 fully saturated rings. The number of anilines is 2. The van der Waals surface area contributed by atoms with Crippen LogP contribution < -0.4 is 10.2 Å². The smallest absolute Gasteiger partial charge is 0.255 e. The van der Waals surface area contributed by atoms with Crippen LogP contribution in [0.4, 0.5) is 11.4 Å². The zero-order valence-corrected chi connectivity index (χ0v) is 16.2. The molecule has 2 aromatic rings. The molecule has 6 heteroatoms. The summed E-state index contributed by atoms with van der Waals surface area (Å²) in [5.41, 5.74) is 2.72. The second-order valence-electron chi connectivity index (χ2n) is 7.35. The number of carbonyl (C=O) groups is 1. The summed E-state index contributed by atoms with van der Waals surface area (Å²) in [7, 11) is 0. The molecule has 1 saturated carbocycles. The Labute approximate surface area is 165 Å².